The number of aromatic hydroxyl groups is 1. The number of phenolic OH excluding ortho intramolecular Hbond substituents is 1. The first-order chi connectivity index (χ1) is 17.7. The quantitative estimate of drug-likeness (QED) is 0.148. The molecule has 0 radical (unpaired) electrons. The summed E-state index contributed by atoms with van der Waals surface area (Å²) in [6.45, 7) is 5.63. The van der Waals surface area contributed by atoms with Gasteiger partial charge in [0.05, 0.1) is 27.9 Å². The SMILES string of the molecule is CCC(=C/c1sc2ccc(COOC)cc2[n+]1CCCS(=O)(=O)[O-])/C=C1/Sc2ccc(O)cc2N1CC. The molecule has 0 aliphatic carbocycles. The first-order valence-electron chi connectivity index (χ1n) is 12.0. The predicted octanol–water partition coefficient (Wildman–Crippen LogP) is 5.17. The highest BCUT2D eigenvalue weighted by Gasteiger charge is 2.25. The molecule has 2 heterocycles. The van der Waals surface area contributed by atoms with E-state index in [4.69, 9.17) is 9.78 Å². The molecular formula is C26H30N2O6S3. The minimum absolute atomic E-state index is 0.225. The minimum Gasteiger partial charge on any atom is -0.748 e. The molecule has 1 aliphatic rings. The molecule has 0 unspecified atom stereocenters. The fraction of sp³-hybridized carbons (Fsp3) is 0.346. The van der Waals surface area contributed by atoms with Crippen LogP contribution >= 0.6 is 23.1 Å². The molecule has 8 nitrogen and oxygen atoms in total. The zero-order chi connectivity index (χ0) is 26.6. The molecule has 3 aromatic rings. The van der Waals surface area contributed by atoms with Crippen molar-refractivity contribution in [2.45, 2.75) is 44.7 Å². The van der Waals surface area contributed by atoms with Crippen LogP contribution in [0.5, 0.6) is 5.75 Å². The third-order valence-corrected chi connectivity index (χ3v) is 8.98. The van der Waals surface area contributed by atoms with Crippen molar-refractivity contribution in [2.75, 3.05) is 24.3 Å². The smallest absolute Gasteiger partial charge is 0.263 e. The van der Waals surface area contributed by atoms with Crippen molar-refractivity contribution in [1.82, 2.24) is 0 Å². The first kappa shape index (κ1) is 27.6. The number of benzene rings is 2. The summed E-state index contributed by atoms with van der Waals surface area (Å²) in [6.07, 6.45) is 5.31. The zero-order valence-electron chi connectivity index (χ0n) is 21.0. The van der Waals surface area contributed by atoms with Gasteiger partial charge < -0.3 is 14.6 Å². The Bertz CT molecular complexity index is 1450. The highest BCUT2D eigenvalue weighted by Crippen LogP contribution is 2.47. The highest BCUT2D eigenvalue weighted by atomic mass is 32.2. The summed E-state index contributed by atoms with van der Waals surface area (Å²) in [5.41, 5.74) is 3.98. The molecule has 2 aromatic carbocycles. The van der Waals surface area contributed by atoms with E-state index in [1.54, 1.807) is 35.2 Å². The maximum atomic E-state index is 11.2. The lowest BCUT2D eigenvalue weighted by Crippen LogP contribution is -2.36. The van der Waals surface area contributed by atoms with E-state index in [2.05, 4.69) is 35.5 Å². The van der Waals surface area contributed by atoms with Crippen LogP contribution in [0.2, 0.25) is 0 Å². The van der Waals surface area contributed by atoms with Crippen molar-refractivity contribution >= 4 is 55.2 Å². The molecule has 11 heteroatoms. The minimum atomic E-state index is -4.29. The van der Waals surface area contributed by atoms with Crippen molar-refractivity contribution in [3.05, 3.63) is 63.6 Å². The monoisotopic (exact) mass is 562 g/mol. The third-order valence-electron chi connectivity index (χ3n) is 5.97. The van der Waals surface area contributed by atoms with Crippen LogP contribution < -0.4 is 9.47 Å². The standard InChI is InChI=1S/C26H30N2O6S3/c1-4-18(14-25-27(5-2)22-16-20(29)8-10-24(22)35-25)15-26-28(11-6-12-37(30,31)32)21-13-19(17-34-33-3)7-9-23(21)36-26/h7-10,13-16H,4-6,11-12,17H2,1-3H3,(H-,29,30,31,32). The van der Waals surface area contributed by atoms with E-state index in [0.29, 0.717) is 6.54 Å². The van der Waals surface area contributed by atoms with E-state index >= 15 is 0 Å². The molecule has 1 aromatic heterocycles. The van der Waals surface area contributed by atoms with Crippen LogP contribution in [0.3, 0.4) is 0 Å². The summed E-state index contributed by atoms with van der Waals surface area (Å²) >= 11 is 3.29. The Morgan fingerprint density at radius 1 is 1.22 bits per heavy atom. The largest absolute Gasteiger partial charge is 0.748 e. The Hall–Kier alpha value is -2.41. The van der Waals surface area contributed by atoms with Crippen molar-refractivity contribution in [3.8, 4) is 5.75 Å². The molecule has 1 N–H and O–H groups in total. The molecule has 0 saturated carbocycles. The van der Waals surface area contributed by atoms with E-state index in [1.165, 1.54) is 7.11 Å². The number of aromatic nitrogens is 1. The summed E-state index contributed by atoms with van der Waals surface area (Å²) in [4.78, 5) is 13.1. The van der Waals surface area contributed by atoms with Gasteiger partial charge in [-0.1, -0.05) is 36.1 Å². The maximum Gasteiger partial charge on any atom is 0.263 e. The highest BCUT2D eigenvalue weighted by molar-refractivity contribution is 8.03. The topological polar surface area (TPSA) is 103 Å². The van der Waals surface area contributed by atoms with Crippen molar-refractivity contribution in [1.29, 1.82) is 0 Å². The number of hydrogen-bond acceptors (Lipinski definition) is 9. The molecule has 0 saturated heterocycles. The average Bonchev–Trinajstić information content (AvgIpc) is 3.37. The molecule has 0 fully saturated rings. The Labute approximate surface area is 225 Å². The van der Waals surface area contributed by atoms with Crippen LogP contribution in [-0.2, 0) is 33.0 Å². The molecule has 0 spiro atoms. The lowest BCUT2D eigenvalue weighted by molar-refractivity contribution is -0.668. The summed E-state index contributed by atoms with van der Waals surface area (Å²) in [5, 5.41) is 12.0. The van der Waals surface area contributed by atoms with Crippen molar-refractivity contribution in [2.24, 2.45) is 0 Å². The van der Waals surface area contributed by atoms with Crippen LogP contribution in [0, 0.1) is 0 Å². The van der Waals surface area contributed by atoms with Crippen LogP contribution in [0.15, 0.2) is 58.0 Å². The summed E-state index contributed by atoms with van der Waals surface area (Å²) in [6, 6.07) is 11.4. The van der Waals surface area contributed by atoms with Gasteiger partial charge in [-0.05, 0) is 48.8 Å². The molecule has 4 rings (SSSR count). The Morgan fingerprint density at radius 3 is 2.73 bits per heavy atom. The van der Waals surface area contributed by atoms with Crippen LogP contribution in [-0.4, -0.2) is 37.5 Å². The Balaban J connectivity index is 1.72. The number of rotatable bonds is 11. The van der Waals surface area contributed by atoms with Gasteiger partial charge >= 0.3 is 0 Å². The van der Waals surface area contributed by atoms with Crippen LogP contribution in [0.1, 0.15) is 37.3 Å². The second-order valence-corrected chi connectivity index (χ2v) is 12.1. The normalized spacial score (nSPS) is 15.2. The fourth-order valence-corrected chi connectivity index (χ4v) is 7.00. The van der Waals surface area contributed by atoms with Crippen molar-refractivity contribution in [3.63, 3.8) is 0 Å². The number of thiazole rings is 1. The lowest BCUT2D eigenvalue weighted by atomic mass is 10.2. The van der Waals surface area contributed by atoms with E-state index in [-0.39, 0.29) is 18.8 Å². The van der Waals surface area contributed by atoms with Gasteiger partial charge in [0.15, 0.2) is 6.54 Å². The Morgan fingerprint density at radius 2 is 2.03 bits per heavy atom. The van der Waals surface area contributed by atoms with E-state index < -0.39 is 15.9 Å². The molecule has 0 amide bonds. The van der Waals surface area contributed by atoms with Gasteiger partial charge in [-0.2, -0.15) is 4.57 Å². The molecular weight excluding hydrogens is 532 g/mol. The average molecular weight is 563 g/mol. The maximum absolute atomic E-state index is 11.2. The van der Waals surface area contributed by atoms with E-state index in [1.807, 2.05) is 24.3 Å². The second kappa shape index (κ2) is 12.0. The summed E-state index contributed by atoms with van der Waals surface area (Å²) in [7, 11) is -2.83. The van der Waals surface area contributed by atoms with Gasteiger partial charge in [-0.3, -0.25) is 0 Å². The van der Waals surface area contributed by atoms with E-state index in [0.717, 1.165) is 54.9 Å². The molecule has 198 valence electrons. The van der Waals surface area contributed by atoms with Crippen molar-refractivity contribution < 1.29 is 32.4 Å². The zero-order valence-corrected chi connectivity index (χ0v) is 23.4. The van der Waals surface area contributed by atoms with Crippen LogP contribution in [0.25, 0.3) is 16.3 Å². The van der Waals surface area contributed by atoms with Gasteiger partial charge in [0.1, 0.15) is 17.1 Å². The predicted molar refractivity (Wildman–Crippen MR) is 146 cm³/mol. The molecule has 1 aliphatic heterocycles. The van der Waals surface area contributed by atoms with Gasteiger partial charge in [0, 0.05) is 41.8 Å². The lowest BCUT2D eigenvalue weighted by Gasteiger charge is -2.18. The fourth-order valence-electron chi connectivity index (χ4n) is 4.19. The van der Waals surface area contributed by atoms with E-state index in [9.17, 15) is 18.1 Å². The first-order valence-corrected chi connectivity index (χ1v) is 15.2. The summed E-state index contributed by atoms with van der Waals surface area (Å²) < 4.78 is 36.8. The number of phenols is 1. The Kier molecular flexibility index (Phi) is 8.94. The summed E-state index contributed by atoms with van der Waals surface area (Å²) in [5.74, 6) is -0.169. The number of fused-ring (bicyclic) bond motifs is 2. The van der Waals surface area contributed by atoms with Crippen LogP contribution in [0.4, 0.5) is 5.69 Å². The number of thioether (sulfide) groups is 1. The molecule has 0 bridgehead atoms. The number of allylic oxidation sites excluding steroid dienone is 2. The number of aryl methyl sites for hydroxylation is 1. The number of nitrogens with zero attached hydrogens (tertiary/aromatic N) is 2. The molecule has 37 heavy (non-hydrogen) atoms. The number of anilines is 1. The third kappa shape index (κ3) is 6.73. The van der Waals surface area contributed by atoms with Gasteiger partial charge in [-0.25, -0.2) is 18.2 Å². The van der Waals surface area contributed by atoms with Gasteiger partial charge in [0.25, 0.3) is 5.01 Å². The number of hydrogen-bond donors (Lipinski definition) is 1. The van der Waals surface area contributed by atoms with Gasteiger partial charge in [0.2, 0.25) is 5.52 Å². The van der Waals surface area contributed by atoms with Gasteiger partial charge in [-0.15, -0.1) is 0 Å². The second-order valence-electron chi connectivity index (χ2n) is 8.49. The molecule has 0 atom stereocenters.